The maximum atomic E-state index is 14.0. The average Bonchev–Trinajstić information content (AvgIpc) is 2.94. The molecule has 26 heavy (non-hydrogen) atoms. The predicted molar refractivity (Wildman–Crippen MR) is 83.2 cm³/mol. The molecule has 0 aliphatic heterocycles. The Bertz CT molecular complexity index is 922. The number of aliphatic hydroxyl groups is 1. The highest BCUT2D eigenvalue weighted by Gasteiger charge is 2.32. The van der Waals surface area contributed by atoms with Crippen LogP contribution in [0.25, 0.3) is 0 Å². The second-order valence-corrected chi connectivity index (χ2v) is 8.16. The molecule has 2 N–H and O–H groups in total. The molecule has 0 aliphatic carbocycles. The average molecular weight is 413 g/mol. The number of ether oxygens (including phenoxy) is 1. The molecule has 0 spiro atoms. The molecule has 0 saturated heterocycles. The van der Waals surface area contributed by atoms with Gasteiger partial charge in [0.15, 0.2) is 0 Å². The number of carbonyl (C=O) groups is 1. The first-order valence-electron chi connectivity index (χ1n) is 6.79. The monoisotopic (exact) mass is 413 g/mol. The highest BCUT2D eigenvalue weighted by molar-refractivity contribution is 7.93. The van der Waals surface area contributed by atoms with Crippen LogP contribution in [0.3, 0.4) is 0 Å². The molecule has 1 heterocycles. The van der Waals surface area contributed by atoms with Crippen molar-refractivity contribution >= 4 is 32.1 Å². The molecular formula is C14H11F4NO5S2. The summed E-state index contributed by atoms with van der Waals surface area (Å²) in [6.07, 6.45) is -6.37. The molecule has 12 heteroatoms. The van der Waals surface area contributed by atoms with E-state index in [1.165, 1.54) is 13.0 Å². The van der Waals surface area contributed by atoms with Crippen LogP contribution in [0.5, 0.6) is 5.75 Å². The molecule has 1 aromatic heterocycles. The van der Waals surface area contributed by atoms with Gasteiger partial charge in [-0.05, 0) is 31.2 Å². The third kappa shape index (κ3) is 4.71. The number of amides is 1. The molecular weight excluding hydrogens is 402 g/mol. The van der Waals surface area contributed by atoms with Gasteiger partial charge in [-0.2, -0.15) is 0 Å². The van der Waals surface area contributed by atoms with Crippen LogP contribution >= 0.6 is 11.3 Å². The Labute approximate surface area is 148 Å². The van der Waals surface area contributed by atoms with Gasteiger partial charge in [-0.25, -0.2) is 12.8 Å². The molecule has 2 rings (SSSR count). The van der Waals surface area contributed by atoms with Crippen molar-refractivity contribution in [2.75, 3.05) is 5.32 Å². The summed E-state index contributed by atoms with van der Waals surface area (Å²) < 4.78 is 78.4. The van der Waals surface area contributed by atoms with Gasteiger partial charge in [0.25, 0.3) is 5.91 Å². The zero-order valence-electron chi connectivity index (χ0n) is 12.9. The maximum absolute atomic E-state index is 14.0. The minimum atomic E-state index is -5.04. The smallest absolute Gasteiger partial charge is 0.406 e. The quantitative estimate of drug-likeness (QED) is 0.736. The highest BCUT2D eigenvalue weighted by Crippen LogP contribution is 2.33. The first-order valence-corrected chi connectivity index (χ1v) is 9.09. The summed E-state index contributed by atoms with van der Waals surface area (Å²) in [5.41, 5.74) is 0. The fourth-order valence-corrected chi connectivity index (χ4v) is 4.41. The summed E-state index contributed by atoms with van der Waals surface area (Å²) in [5.74, 6) is -3.09. The van der Waals surface area contributed by atoms with Gasteiger partial charge < -0.3 is 15.2 Å². The number of carbonyl (C=O) groups excluding carboxylic acids is 1. The Hall–Kier alpha value is -2.18. The number of alkyl halides is 3. The van der Waals surface area contributed by atoms with Gasteiger partial charge in [0, 0.05) is 6.07 Å². The summed E-state index contributed by atoms with van der Waals surface area (Å²) in [6.45, 7) is 1.21. The number of hydrogen-bond acceptors (Lipinski definition) is 6. The van der Waals surface area contributed by atoms with Crippen LogP contribution in [0.2, 0.25) is 0 Å². The molecule has 0 saturated carbocycles. The second-order valence-electron chi connectivity index (χ2n) is 4.93. The molecule has 142 valence electrons. The van der Waals surface area contributed by atoms with Gasteiger partial charge in [0.1, 0.15) is 26.8 Å². The van der Waals surface area contributed by atoms with Crippen molar-refractivity contribution in [1.29, 1.82) is 0 Å². The standard InChI is InChI=1S/C14H11F4NO5S2/c1-7(20)13(21)19-11-4-5-12(25-11)26(22,23)10-3-2-8(6-9(10)15)24-14(16,17)18/h2-7,20H,1H3,(H,19,21)/t7-/m0/s1. The van der Waals surface area contributed by atoms with E-state index in [0.29, 0.717) is 29.5 Å². The lowest BCUT2D eigenvalue weighted by Gasteiger charge is -2.10. The number of benzene rings is 1. The second kappa shape index (κ2) is 7.21. The van der Waals surface area contributed by atoms with Gasteiger partial charge >= 0.3 is 6.36 Å². The van der Waals surface area contributed by atoms with Crippen LogP contribution in [0.1, 0.15) is 6.92 Å². The molecule has 0 bridgehead atoms. The molecule has 0 unspecified atom stereocenters. The van der Waals surface area contributed by atoms with E-state index in [1.54, 1.807) is 0 Å². The van der Waals surface area contributed by atoms with Crippen molar-refractivity contribution < 1.29 is 40.6 Å². The lowest BCUT2D eigenvalue weighted by atomic mass is 10.3. The van der Waals surface area contributed by atoms with Crippen LogP contribution in [0, 0.1) is 5.82 Å². The lowest BCUT2D eigenvalue weighted by molar-refractivity contribution is -0.274. The number of rotatable bonds is 5. The van der Waals surface area contributed by atoms with E-state index in [1.807, 2.05) is 0 Å². The summed E-state index contributed by atoms with van der Waals surface area (Å²) in [7, 11) is -4.37. The summed E-state index contributed by atoms with van der Waals surface area (Å²) in [6, 6.07) is 3.96. The number of halogens is 4. The van der Waals surface area contributed by atoms with Crippen LogP contribution in [-0.2, 0) is 14.6 Å². The van der Waals surface area contributed by atoms with E-state index in [4.69, 9.17) is 5.11 Å². The van der Waals surface area contributed by atoms with Gasteiger partial charge in [-0.1, -0.05) is 0 Å². The van der Waals surface area contributed by atoms with Crippen molar-refractivity contribution in [2.45, 2.75) is 28.5 Å². The van der Waals surface area contributed by atoms with Gasteiger partial charge in [-0.3, -0.25) is 4.79 Å². The number of thiophene rings is 1. The first kappa shape index (κ1) is 20.1. The minimum Gasteiger partial charge on any atom is -0.406 e. The Morgan fingerprint density at radius 3 is 2.46 bits per heavy atom. The van der Waals surface area contributed by atoms with Crippen LogP contribution in [0.15, 0.2) is 39.4 Å². The molecule has 0 fully saturated rings. The molecule has 6 nitrogen and oxygen atoms in total. The van der Waals surface area contributed by atoms with Gasteiger partial charge in [-0.15, -0.1) is 24.5 Å². The van der Waals surface area contributed by atoms with Crippen molar-refractivity contribution in [3.63, 3.8) is 0 Å². The largest absolute Gasteiger partial charge is 0.573 e. The molecule has 1 amide bonds. The zero-order chi connectivity index (χ0) is 19.7. The summed E-state index contributed by atoms with van der Waals surface area (Å²) in [5, 5.41) is 11.5. The maximum Gasteiger partial charge on any atom is 0.573 e. The van der Waals surface area contributed by atoms with Gasteiger partial charge in [0.2, 0.25) is 9.84 Å². The minimum absolute atomic E-state index is 0.0897. The van der Waals surface area contributed by atoms with Crippen molar-refractivity contribution in [3.8, 4) is 5.75 Å². The van der Waals surface area contributed by atoms with E-state index in [2.05, 4.69) is 10.1 Å². The molecule has 0 radical (unpaired) electrons. The van der Waals surface area contributed by atoms with E-state index >= 15 is 0 Å². The fraction of sp³-hybridized carbons (Fsp3) is 0.214. The van der Waals surface area contributed by atoms with E-state index in [9.17, 15) is 30.8 Å². The Morgan fingerprint density at radius 1 is 1.27 bits per heavy atom. The lowest BCUT2D eigenvalue weighted by Crippen LogP contribution is -2.23. The van der Waals surface area contributed by atoms with Crippen molar-refractivity contribution in [1.82, 2.24) is 0 Å². The molecule has 2 aromatic rings. The first-order chi connectivity index (χ1) is 11.9. The number of sulfone groups is 1. The topological polar surface area (TPSA) is 92.7 Å². The van der Waals surface area contributed by atoms with Crippen LogP contribution in [-0.4, -0.2) is 31.9 Å². The molecule has 1 atom stereocenters. The SMILES string of the molecule is C[C@H](O)C(=O)Nc1ccc(S(=O)(=O)c2ccc(OC(F)(F)F)cc2F)s1. The summed E-state index contributed by atoms with van der Waals surface area (Å²) >= 11 is 0.594. The summed E-state index contributed by atoms with van der Waals surface area (Å²) in [4.78, 5) is 10.5. The number of anilines is 1. The van der Waals surface area contributed by atoms with E-state index in [0.717, 1.165) is 6.07 Å². The van der Waals surface area contributed by atoms with Crippen LogP contribution in [0.4, 0.5) is 22.6 Å². The number of aliphatic hydroxyl groups excluding tert-OH is 1. The van der Waals surface area contributed by atoms with Crippen molar-refractivity contribution in [2.24, 2.45) is 0 Å². The zero-order valence-corrected chi connectivity index (χ0v) is 14.5. The van der Waals surface area contributed by atoms with Crippen LogP contribution < -0.4 is 10.1 Å². The number of nitrogens with one attached hydrogen (secondary N) is 1. The fourth-order valence-electron chi connectivity index (χ4n) is 1.76. The van der Waals surface area contributed by atoms with Crippen molar-refractivity contribution in [3.05, 3.63) is 36.1 Å². The molecule has 0 aliphatic rings. The highest BCUT2D eigenvalue weighted by atomic mass is 32.2. The van der Waals surface area contributed by atoms with Gasteiger partial charge in [0.05, 0.1) is 5.00 Å². The Kier molecular flexibility index (Phi) is 5.58. The van der Waals surface area contributed by atoms with E-state index < -0.39 is 44.7 Å². The Balaban J connectivity index is 2.30. The normalized spacial score (nSPS) is 13.3. The van der Waals surface area contributed by atoms with E-state index in [-0.39, 0.29) is 9.21 Å². The predicted octanol–water partition coefficient (Wildman–Crippen LogP) is 2.94. The Morgan fingerprint density at radius 2 is 1.92 bits per heavy atom. The molecule has 1 aromatic carbocycles. The number of hydrogen-bond donors (Lipinski definition) is 2. The third-order valence-corrected chi connectivity index (χ3v) is 6.18. The third-order valence-electron chi connectivity index (χ3n) is 2.90.